The maximum absolute atomic E-state index is 4.84. The molecule has 0 spiro atoms. The third kappa shape index (κ3) is 4.83. The molecule has 53 heavy (non-hydrogen) atoms. The number of hydrogen-bond acceptors (Lipinski definition) is 1. The van der Waals surface area contributed by atoms with Crippen LogP contribution >= 0.6 is 0 Å². The molecule has 0 radical (unpaired) electrons. The normalized spacial score (nSPS) is 14.0. The number of fused-ring (bicyclic) bond motifs is 7. The van der Waals surface area contributed by atoms with E-state index in [1.165, 1.54) is 33.2 Å². The van der Waals surface area contributed by atoms with Crippen molar-refractivity contribution in [1.29, 1.82) is 0 Å². The van der Waals surface area contributed by atoms with Gasteiger partial charge in [-0.1, -0.05) is 126 Å². The van der Waals surface area contributed by atoms with Crippen LogP contribution in [0, 0.1) is 12.1 Å². The smallest absolute Gasteiger partial charge is 0.319 e. The van der Waals surface area contributed by atoms with Crippen molar-refractivity contribution in [2.45, 2.75) is 31.6 Å². The van der Waals surface area contributed by atoms with Crippen LogP contribution in [0.15, 0.2) is 146 Å². The van der Waals surface area contributed by atoms with Crippen LogP contribution in [0.25, 0.3) is 38.8 Å². The quantitative estimate of drug-likeness (QED) is 0.128. The summed E-state index contributed by atoms with van der Waals surface area (Å²) in [6.07, 6.45) is 1.86. The van der Waals surface area contributed by atoms with Crippen molar-refractivity contribution in [3.05, 3.63) is 186 Å². The molecule has 0 bridgehead atoms. The SMILES string of the molecule is C[N+]1=C=[N+](c2[c-]c(C3(c4[c-]c5c(cc4)c4ccccc4n5-c4ccccn4)c4ccccc4-c4ccccc43)cc(C(C)(C)C)c2)c2ccccc21.[Pt+2]. The van der Waals surface area contributed by atoms with Crippen LogP contribution in [0.2, 0.25) is 0 Å². The van der Waals surface area contributed by atoms with Crippen molar-refractivity contribution in [3.8, 4) is 16.9 Å². The number of aromatic nitrogens is 2. The summed E-state index contributed by atoms with van der Waals surface area (Å²) in [5, 5.41) is 2.33. The molecule has 0 atom stereocenters. The summed E-state index contributed by atoms with van der Waals surface area (Å²) in [6, 6.07) is 61.9. The van der Waals surface area contributed by atoms with Crippen LogP contribution in [0.4, 0.5) is 17.1 Å². The summed E-state index contributed by atoms with van der Waals surface area (Å²) in [5.74, 6) is 0.870. The molecule has 1 aliphatic carbocycles. The van der Waals surface area contributed by atoms with E-state index in [1.807, 2.05) is 18.3 Å². The summed E-state index contributed by atoms with van der Waals surface area (Å²) < 4.78 is 6.50. The summed E-state index contributed by atoms with van der Waals surface area (Å²) in [7, 11) is 2.06. The van der Waals surface area contributed by atoms with Gasteiger partial charge in [-0.2, -0.15) is 24.3 Å². The van der Waals surface area contributed by atoms with Gasteiger partial charge in [0.15, 0.2) is 7.05 Å². The zero-order valence-corrected chi connectivity index (χ0v) is 32.2. The molecule has 2 aliphatic rings. The Morgan fingerprint density at radius 3 is 2.04 bits per heavy atom. The zero-order chi connectivity index (χ0) is 35.2. The largest absolute Gasteiger partial charge is 2.00 e. The molecule has 2 aromatic heterocycles. The van der Waals surface area contributed by atoms with Gasteiger partial charge in [-0.3, -0.25) is 0 Å². The van der Waals surface area contributed by atoms with Crippen LogP contribution in [-0.4, -0.2) is 27.2 Å². The Balaban J connectivity index is 0.00000372. The summed E-state index contributed by atoms with van der Waals surface area (Å²) in [5.41, 5.74) is 12.7. The maximum Gasteiger partial charge on any atom is 2.00 e. The van der Waals surface area contributed by atoms with E-state index >= 15 is 0 Å². The minimum Gasteiger partial charge on any atom is -0.319 e. The molecule has 4 nitrogen and oxygen atoms in total. The van der Waals surface area contributed by atoms with E-state index in [9.17, 15) is 0 Å². The molecular formula is C48H36N4Pt+2. The third-order valence-corrected chi connectivity index (χ3v) is 10.9. The van der Waals surface area contributed by atoms with Crippen LogP contribution < -0.4 is 4.58 Å². The summed E-state index contributed by atoms with van der Waals surface area (Å²) >= 11 is 0. The molecule has 8 aromatic rings. The molecule has 0 saturated heterocycles. The Bertz CT molecular complexity index is 2790. The van der Waals surface area contributed by atoms with Gasteiger partial charge in [0.05, 0.1) is 0 Å². The fraction of sp³-hybridized carbons (Fsp3) is 0.125. The Kier molecular flexibility index (Phi) is 7.64. The summed E-state index contributed by atoms with van der Waals surface area (Å²) in [4.78, 5) is 4.84. The van der Waals surface area contributed by atoms with Crippen molar-refractivity contribution in [2.24, 2.45) is 0 Å². The van der Waals surface area contributed by atoms with E-state index < -0.39 is 5.41 Å². The molecule has 0 saturated carbocycles. The fourth-order valence-electron chi connectivity index (χ4n) is 8.48. The molecule has 6 aromatic carbocycles. The average Bonchev–Trinajstić information content (AvgIpc) is 3.80. The second-order valence-corrected chi connectivity index (χ2v) is 14.9. The van der Waals surface area contributed by atoms with Gasteiger partial charge in [-0.15, -0.1) is 28.1 Å². The fourth-order valence-corrected chi connectivity index (χ4v) is 8.48. The van der Waals surface area contributed by atoms with Crippen LogP contribution in [0.5, 0.6) is 0 Å². The molecule has 3 heterocycles. The van der Waals surface area contributed by atoms with E-state index in [1.54, 1.807) is 0 Å². The number of para-hydroxylation sites is 3. The zero-order valence-electron chi connectivity index (χ0n) is 30.0. The van der Waals surface area contributed by atoms with Gasteiger partial charge in [-0.25, -0.2) is 4.98 Å². The molecule has 0 unspecified atom stereocenters. The first-order valence-corrected chi connectivity index (χ1v) is 17.9. The first-order valence-electron chi connectivity index (χ1n) is 17.9. The standard InChI is InChI=1S/C48H36N4.Pt/c1-47(2,3)33-27-34(29-35(28-33)51-31-50(4)43-21-11-12-22-44(43)51)48(40-18-8-5-15-36(40)37-16-6-9-19-41(37)48)32-24-25-39-38-17-7-10-20-42(38)52(45(39)30-32)46-23-13-14-26-49-46;/h5-28H,1-4H3;/q;+2. The second-order valence-electron chi connectivity index (χ2n) is 14.9. The van der Waals surface area contributed by atoms with Crippen LogP contribution in [0.3, 0.4) is 0 Å². The molecule has 0 amide bonds. The van der Waals surface area contributed by atoms with Gasteiger partial charge in [0.1, 0.15) is 11.5 Å². The van der Waals surface area contributed by atoms with Crippen molar-refractivity contribution in [3.63, 3.8) is 0 Å². The van der Waals surface area contributed by atoms with Gasteiger partial charge < -0.3 is 4.57 Å². The van der Waals surface area contributed by atoms with E-state index in [2.05, 4.69) is 187 Å². The van der Waals surface area contributed by atoms with E-state index in [-0.39, 0.29) is 26.5 Å². The van der Waals surface area contributed by atoms with Gasteiger partial charge in [0.25, 0.3) is 11.4 Å². The predicted molar refractivity (Wildman–Crippen MR) is 211 cm³/mol. The molecule has 5 heteroatoms. The number of benzene rings is 6. The summed E-state index contributed by atoms with van der Waals surface area (Å²) in [6.45, 7) is 6.88. The number of nitrogens with zero attached hydrogens (tertiary/aromatic N) is 4. The van der Waals surface area contributed by atoms with Gasteiger partial charge in [0, 0.05) is 29.3 Å². The number of pyridine rings is 1. The van der Waals surface area contributed by atoms with Gasteiger partial charge >= 0.3 is 27.1 Å². The topological polar surface area (TPSA) is 23.8 Å². The molecular weight excluding hydrogens is 828 g/mol. The Hall–Kier alpha value is -5.66. The van der Waals surface area contributed by atoms with Gasteiger partial charge in [0.2, 0.25) is 0 Å². The Morgan fingerprint density at radius 2 is 1.32 bits per heavy atom. The molecule has 256 valence electrons. The van der Waals surface area contributed by atoms with Crippen molar-refractivity contribution in [2.75, 3.05) is 7.05 Å². The average molecular weight is 864 g/mol. The molecule has 0 N–H and O–H groups in total. The van der Waals surface area contributed by atoms with Crippen molar-refractivity contribution >= 4 is 44.9 Å². The number of hydrogen-bond donors (Lipinski definition) is 0. The van der Waals surface area contributed by atoms with Crippen molar-refractivity contribution < 1.29 is 25.6 Å². The third-order valence-electron chi connectivity index (χ3n) is 10.9. The minimum atomic E-state index is -0.714. The minimum absolute atomic E-state index is 0. The van der Waals surface area contributed by atoms with Crippen LogP contribution in [-0.2, 0) is 31.9 Å². The molecule has 0 fully saturated rings. The molecule has 10 rings (SSSR count). The Morgan fingerprint density at radius 1 is 0.660 bits per heavy atom. The second kappa shape index (κ2) is 12.2. The van der Waals surface area contributed by atoms with E-state index in [4.69, 9.17) is 4.98 Å². The van der Waals surface area contributed by atoms with E-state index in [0.717, 1.165) is 50.4 Å². The van der Waals surface area contributed by atoms with Crippen molar-refractivity contribution in [1.82, 2.24) is 14.1 Å². The maximum atomic E-state index is 4.84. The Labute approximate surface area is 324 Å². The van der Waals surface area contributed by atoms with Gasteiger partial charge in [-0.05, 0) is 51.3 Å². The van der Waals surface area contributed by atoms with Crippen LogP contribution in [0.1, 0.15) is 48.6 Å². The monoisotopic (exact) mass is 863 g/mol. The number of rotatable bonds is 4. The van der Waals surface area contributed by atoms with E-state index in [0.29, 0.717) is 0 Å². The molecule has 1 aliphatic heterocycles. The first kappa shape index (κ1) is 33.2. The predicted octanol–water partition coefficient (Wildman–Crippen LogP) is 10.7. The first-order chi connectivity index (χ1) is 25.3.